The predicted molar refractivity (Wildman–Crippen MR) is 122 cm³/mol. The molecule has 0 bridgehead atoms. The fraction of sp³-hybridized carbons (Fsp3) is 0.958. The molecule has 11 atom stereocenters. The van der Waals surface area contributed by atoms with Crippen LogP contribution in [0.1, 0.15) is 78.6 Å². The van der Waals surface area contributed by atoms with Crippen LogP contribution in [-0.4, -0.2) is 37.4 Å². The Hall–Kier alpha value is 0.120. The van der Waals surface area contributed by atoms with Crippen LogP contribution < -0.4 is 0 Å². The Morgan fingerprint density at radius 3 is 2.52 bits per heavy atom. The van der Waals surface area contributed by atoms with Crippen molar-refractivity contribution < 1.29 is 20.1 Å². The van der Waals surface area contributed by atoms with Crippen molar-refractivity contribution in [1.82, 2.24) is 0 Å². The topological polar surface area (TPSA) is 77.8 Å². The summed E-state index contributed by atoms with van der Waals surface area (Å²) >= 11 is 2.59. The van der Waals surface area contributed by atoms with Gasteiger partial charge in [0.1, 0.15) is 0 Å². The second-order valence-corrected chi connectivity index (χ2v) is 13.1. The first-order valence-electron chi connectivity index (χ1n) is 11.8. The number of alkyl halides is 1. The lowest BCUT2D eigenvalue weighted by atomic mass is 9.43. The summed E-state index contributed by atoms with van der Waals surface area (Å²) in [6.45, 7) is 6.90. The van der Waals surface area contributed by atoms with Gasteiger partial charge in [0.15, 0.2) is 0 Å². The van der Waals surface area contributed by atoms with E-state index in [1.54, 1.807) is 0 Å². The number of carbonyl (C=O) groups is 1. The summed E-state index contributed by atoms with van der Waals surface area (Å²) < 4.78 is 0.721. The molecule has 4 saturated carbocycles. The van der Waals surface area contributed by atoms with Crippen LogP contribution in [0, 0.1) is 46.3 Å². The molecule has 4 nitrogen and oxygen atoms in total. The lowest BCUT2D eigenvalue weighted by Gasteiger charge is -2.63. The summed E-state index contributed by atoms with van der Waals surface area (Å²) in [6.07, 6.45) is 7.89. The van der Waals surface area contributed by atoms with E-state index in [0.717, 1.165) is 29.6 Å². The Labute approximate surface area is 189 Å². The van der Waals surface area contributed by atoms with E-state index in [1.165, 1.54) is 19.3 Å². The summed E-state index contributed by atoms with van der Waals surface area (Å²) in [6, 6.07) is 0. The number of aliphatic hydroxyl groups excluding tert-OH is 2. The summed E-state index contributed by atoms with van der Waals surface area (Å²) in [5.74, 6) is 1.58. The van der Waals surface area contributed by atoms with E-state index >= 15 is 0 Å². The number of carboxylic acids is 1. The van der Waals surface area contributed by atoms with Crippen molar-refractivity contribution in [2.45, 2.75) is 94.7 Å². The van der Waals surface area contributed by atoms with Crippen LogP contribution in [0.4, 0.5) is 0 Å². The number of hydrogen-bond acceptors (Lipinski definition) is 3. The van der Waals surface area contributed by atoms with Gasteiger partial charge in [-0.3, -0.25) is 4.79 Å². The van der Waals surface area contributed by atoms with Gasteiger partial charge in [0.2, 0.25) is 0 Å². The van der Waals surface area contributed by atoms with Crippen LogP contribution in [0.5, 0.6) is 0 Å². The molecule has 4 fully saturated rings. The number of halogens is 1. The first kappa shape index (κ1) is 22.3. The van der Waals surface area contributed by atoms with Gasteiger partial charge in [-0.05, 0) is 97.7 Å². The first-order chi connectivity index (χ1) is 13.6. The van der Waals surface area contributed by atoms with E-state index < -0.39 is 5.97 Å². The summed E-state index contributed by atoms with van der Waals surface area (Å²) in [5, 5.41) is 32.0. The Morgan fingerprint density at radius 2 is 1.83 bits per heavy atom. The molecule has 3 N–H and O–H groups in total. The number of rotatable bonds is 4. The highest BCUT2D eigenvalue weighted by molar-refractivity contribution is 14.1. The largest absolute Gasteiger partial charge is 0.481 e. The normalized spacial score (nSPS) is 52.9. The highest BCUT2D eigenvalue weighted by atomic mass is 127. The average molecular weight is 518 g/mol. The molecular weight excluding hydrogens is 479 g/mol. The zero-order valence-corrected chi connectivity index (χ0v) is 20.3. The number of aliphatic hydroxyl groups is 2. The van der Waals surface area contributed by atoms with Gasteiger partial charge >= 0.3 is 5.97 Å². The number of hydrogen-bond donors (Lipinski definition) is 3. The molecular formula is C24H39IO4. The minimum Gasteiger partial charge on any atom is -0.481 e. The van der Waals surface area contributed by atoms with Crippen molar-refractivity contribution >= 4 is 28.6 Å². The third-order valence-electron chi connectivity index (χ3n) is 10.3. The van der Waals surface area contributed by atoms with E-state index in [-0.39, 0.29) is 29.5 Å². The van der Waals surface area contributed by atoms with Crippen molar-refractivity contribution in [3.05, 3.63) is 0 Å². The van der Waals surface area contributed by atoms with Crippen LogP contribution in [0.2, 0.25) is 0 Å². The number of aliphatic carboxylic acids is 1. The van der Waals surface area contributed by atoms with Crippen LogP contribution in [0.25, 0.3) is 0 Å². The first-order valence-corrected chi connectivity index (χ1v) is 13.1. The zero-order chi connectivity index (χ0) is 21.1. The molecule has 0 heterocycles. The van der Waals surface area contributed by atoms with Gasteiger partial charge < -0.3 is 15.3 Å². The smallest absolute Gasteiger partial charge is 0.303 e. The Kier molecular flexibility index (Phi) is 6.09. The standard InChI is InChI=1S/C24H39IO4/c1-13(4-7-21(28)29)16-5-6-17-22-18(12-20(27)24(16,17)3)23(2)9-8-15(25)10-14(23)11-19(22)26/h13-20,22,26-27H,4-12H2,1-3H3,(H,28,29)/t13-,14+,15-,16-,17+,18+,19+,20+,22+,23+,24-/m1/s1. The number of fused-ring (bicyclic) bond motifs is 5. The van der Waals surface area contributed by atoms with E-state index in [0.29, 0.717) is 41.9 Å². The van der Waals surface area contributed by atoms with E-state index in [1.807, 2.05) is 0 Å². The second kappa shape index (κ2) is 7.91. The molecule has 0 aromatic heterocycles. The zero-order valence-electron chi connectivity index (χ0n) is 18.2. The molecule has 0 aromatic rings. The van der Waals surface area contributed by atoms with Gasteiger partial charge in [0.05, 0.1) is 12.2 Å². The van der Waals surface area contributed by atoms with E-state index in [9.17, 15) is 15.0 Å². The fourth-order valence-electron chi connectivity index (χ4n) is 8.65. The lowest BCUT2D eigenvalue weighted by molar-refractivity contribution is -0.200. The highest BCUT2D eigenvalue weighted by Gasteiger charge is 2.65. The molecule has 0 spiro atoms. The summed E-state index contributed by atoms with van der Waals surface area (Å²) in [7, 11) is 0. The van der Waals surface area contributed by atoms with Gasteiger partial charge in [-0.15, -0.1) is 0 Å². The Balaban J connectivity index is 1.61. The SMILES string of the molecule is C[C@H](CCC(=O)O)[C@H]1CC[C@H]2[C@@H]3[C@@H](O)C[C@@H]4C[C@H](I)CC[C@]4(C)[C@H]3C[C@H](O)[C@]12C. The van der Waals surface area contributed by atoms with Gasteiger partial charge in [0, 0.05) is 10.3 Å². The minimum absolute atomic E-state index is 0.191. The highest BCUT2D eigenvalue weighted by Crippen LogP contribution is 2.68. The van der Waals surface area contributed by atoms with Crippen LogP contribution in [0.3, 0.4) is 0 Å². The second-order valence-electron chi connectivity index (χ2n) is 11.4. The van der Waals surface area contributed by atoms with Gasteiger partial charge in [-0.25, -0.2) is 0 Å². The van der Waals surface area contributed by atoms with Crippen molar-refractivity contribution in [2.75, 3.05) is 0 Å². The van der Waals surface area contributed by atoms with Crippen molar-refractivity contribution in [3.8, 4) is 0 Å². The molecule has 0 amide bonds. The average Bonchev–Trinajstić information content (AvgIpc) is 3.01. The van der Waals surface area contributed by atoms with Gasteiger partial charge in [-0.1, -0.05) is 43.4 Å². The molecule has 4 rings (SSSR count). The molecule has 4 aliphatic carbocycles. The molecule has 29 heavy (non-hydrogen) atoms. The minimum atomic E-state index is -0.728. The predicted octanol–water partition coefficient (Wildman–Crippen LogP) is 4.89. The third-order valence-corrected chi connectivity index (χ3v) is 11.4. The summed E-state index contributed by atoms with van der Waals surface area (Å²) in [5.41, 5.74) is 0.0601. The number of carboxylic acid groups (broad SMARTS) is 1. The molecule has 166 valence electrons. The molecule has 5 heteroatoms. The van der Waals surface area contributed by atoms with Gasteiger partial charge in [-0.2, -0.15) is 0 Å². The Bertz CT molecular complexity index is 640. The quantitative estimate of drug-likeness (QED) is 0.366. The van der Waals surface area contributed by atoms with Crippen molar-refractivity contribution in [3.63, 3.8) is 0 Å². The monoisotopic (exact) mass is 518 g/mol. The Morgan fingerprint density at radius 1 is 1.10 bits per heavy atom. The summed E-state index contributed by atoms with van der Waals surface area (Å²) in [4.78, 5) is 11.1. The fourth-order valence-corrected chi connectivity index (χ4v) is 9.58. The molecule has 0 aromatic carbocycles. The maximum atomic E-state index is 11.5. The van der Waals surface area contributed by atoms with Gasteiger partial charge in [0.25, 0.3) is 0 Å². The van der Waals surface area contributed by atoms with Crippen molar-refractivity contribution in [2.24, 2.45) is 46.3 Å². The third kappa shape index (κ3) is 3.49. The molecule has 0 unspecified atom stereocenters. The molecule has 0 saturated heterocycles. The van der Waals surface area contributed by atoms with E-state index in [2.05, 4.69) is 43.4 Å². The molecule has 0 radical (unpaired) electrons. The van der Waals surface area contributed by atoms with E-state index in [4.69, 9.17) is 5.11 Å². The molecule has 4 aliphatic rings. The van der Waals surface area contributed by atoms with Crippen LogP contribution >= 0.6 is 22.6 Å². The van der Waals surface area contributed by atoms with Crippen molar-refractivity contribution in [1.29, 1.82) is 0 Å². The lowest BCUT2D eigenvalue weighted by Crippen LogP contribution is -2.62. The maximum absolute atomic E-state index is 11.5. The maximum Gasteiger partial charge on any atom is 0.303 e. The molecule has 0 aliphatic heterocycles. The van der Waals surface area contributed by atoms with Crippen LogP contribution in [-0.2, 0) is 4.79 Å². The van der Waals surface area contributed by atoms with Crippen LogP contribution in [0.15, 0.2) is 0 Å².